The van der Waals surface area contributed by atoms with Gasteiger partial charge in [-0.25, -0.2) is 19.2 Å². The van der Waals surface area contributed by atoms with Gasteiger partial charge in [-0.05, 0) is 136 Å². The lowest BCUT2D eigenvalue weighted by Gasteiger charge is -2.37. The van der Waals surface area contributed by atoms with Crippen molar-refractivity contribution >= 4 is 82.1 Å². The lowest BCUT2D eigenvalue weighted by atomic mass is 9.88. The summed E-state index contributed by atoms with van der Waals surface area (Å²) >= 11 is 24.1. The van der Waals surface area contributed by atoms with Crippen molar-refractivity contribution in [3.63, 3.8) is 0 Å². The Morgan fingerprint density at radius 2 is 0.857 bits per heavy atom. The minimum atomic E-state index is -0.833. The normalized spacial score (nSPS) is 18.0. The Bertz CT molecular complexity index is 3290. The van der Waals surface area contributed by atoms with Crippen LogP contribution < -0.4 is 18.9 Å². The van der Waals surface area contributed by atoms with Gasteiger partial charge in [0.15, 0.2) is 23.8 Å². The molecule has 440 valence electrons. The van der Waals surface area contributed by atoms with E-state index < -0.39 is 59.6 Å². The standard InChI is InChI=1S/2C32H31Cl2NO7/c2*1-32(2,3)42-31(38)35-16-22-15-28-21(12-20(22)13-26(35)30(37)39-4)14-27(36)29(41-28)19-6-8-23(9-7-19)40-17-18-5-10-24(33)25(34)11-18/h2*5-12,15,26,29H,13-14,16-17H2,1-4H3/t26-,29+;26-,29-/m00/s1. The van der Waals surface area contributed by atoms with E-state index in [1.165, 1.54) is 24.0 Å². The molecule has 20 heteroatoms. The number of amides is 2. The van der Waals surface area contributed by atoms with E-state index in [2.05, 4.69) is 0 Å². The third kappa shape index (κ3) is 14.5. The van der Waals surface area contributed by atoms with E-state index in [0.29, 0.717) is 67.4 Å². The highest BCUT2D eigenvalue weighted by Crippen LogP contribution is 2.41. The van der Waals surface area contributed by atoms with E-state index >= 15 is 0 Å². The average Bonchev–Trinajstić information content (AvgIpc) is 3.65. The molecule has 0 saturated heterocycles. The molecule has 0 fully saturated rings. The number of carbonyl (C=O) groups excluding carboxylic acids is 6. The van der Waals surface area contributed by atoms with Crippen LogP contribution in [0.15, 0.2) is 109 Å². The smallest absolute Gasteiger partial charge is 0.411 e. The molecule has 0 bridgehead atoms. The first kappa shape index (κ1) is 61.1. The summed E-state index contributed by atoms with van der Waals surface area (Å²) in [5, 5.41) is 1.89. The van der Waals surface area contributed by atoms with Gasteiger partial charge in [-0.15, -0.1) is 0 Å². The quantitative estimate of drug-likeness (QED) is 0.0932. The van der Waals surface area contributed by atoms with Crippen molar-refractivity contribution in [3.05, 3.63) is 185 Å². The van der Waals surface area contributed by atoms with Crippen LogP contribution in [0.1, 0.15) is 109 Å². The molecule has 0 N–H and O–H groups in total. The van der Waals surface area contributed by atoms with Crippen molar-refractivity contribution in [1.82, 2.24) is 9.80 Å². The van der Waals surface area contributed by atoms with Gasteiger partial charge < -0.3 is 37.9 Å². The lowest BCUT2D eigenvalue weighted by Crippen LogP contribution is -2.50. The lowest BCUT2D eigenvalue weighted by molar-refractivity contribution is -0.148. The van der Waals surface area contributed by atoms with E-state index in [1.807, 2.05) is 36.4 Å². The molecule has 2 amide bonds. The van der Waals surface area contributed by atoms with Crippen LogP contribution in [0.2, 0.25) is 20.1 Å². The van der Waals surface area contributed by atoms with Gasteiger partial charge in [0.2, 0.25) is 0 Å². The van der Waals surface area contributed by atoms with Crippen LogP contribution >= 0.6 is 46.4 Å². The second-order valence-corrected chi connectivity index (χ2v) is 24.3. The van der Waals surface area contributed by atoms with Crippen molar-refractivity contribution in [3.8, 4) is 23.0 Å². The van der Waals surface area contributed by atoms with E-state index in [-0.39, 0.29) is 50.3 Å². The molecule has 10 rings (SSSR count). The second-order valence-electron chi connectivity index (χ2n) is 22.7. The number of ether oxygens (including phenoxy) is 8. The molecule has 4 atom stereocenters. The molecule has 0 aliphatic carbocycles. The summed E-state index contributed by atoms with van der Waals surface area (Å²) in [6.45, 7) is 11.5. The molecule has 16 nitrogen and oxygen atoms in total. The molecule has 0 saturated carbocycles. The largest absolute Gasteiger partial charge is 0.489 e. The Balaban J connectivity index is 0.000000202. The molecule has 84 heavy (non-hydrogen) atoms. The third-order valence-electron chi connectivity index (χ3n) is 14.2. The molecule has 6 aromatic rings. The molecule has 0 aromatic heterocycles. The average molecular weight is 1230 g/mol. The van der Waals surface area contributed by atoms with Crippen LogP contribution in [0.3, 0.4) is 0 Å². The molecule has 4 aliphatic heterocycles. The van der Waals surface area contributed by atoms with Crippen molar-refractivity contribution in [2.75, 3.05) is 14.2 Å². The van der Waals surface area contributed by atoms with Gasteiger partial charge in [-0.3, -0.25) is 19.4 Å². The van der Waals surface area contributed by atoms with Crippen LogP contribution in [-0.2, 0) is 90.1 Å². The molecule has 4 heterocycles. The zero-order valence-electron chi connectivity index (χ0n) is 47.5. The summed E-state index contributed by atoms with van der Waals surface area (Å²) in [6.07, 6.45) is -1.91. The SMILES string of the molecule is COC(=O)[C@@H]1Cc2cc3c(cc2CN1C(=O)OC(C)(C)C)O[C@@H](c1ccc(OCc2ccc(Cl)c(Cl)c2)cc1)C(=O)C3.COC(=O)[C@@H]1Cc2cc3c(cc2CN1C(=O)OC(C)(C)C)O[C@H](c1ccc(OCc2ccc(Cl)c(Cl)c2)cc1)C(=O)C3. The first-order chi connectivity index (χ1) is 39.8. The summed E-state index contributed by atoms with van der Waals surface area (Å²) in [6, 6.07) is 30.8. The highest BCUT2D eigenvalue weighted by Gasteiger charge is 2.42. The van der Waals surface area contributed by atoms with E-state index in [4.69, 9.17) is 84.3 Å². The van der Waals surface area contributed by atoms with E-state index in [0.717, 1.165) is 44.5 Å². The zero-order valence-corrected chi connectivity index (χ0v) is 50.5. The van der Waals surface area contributed by atoms with Gasteiger partial charge in [0.25, 0.3) is 0 Å². The van der Waals surface area contributed by atoms with Gasteiger partial charge in [0, 0.05) is 47.9 Å². The molecule has 0 unspecified atom stereocenters. The second kappa shape index (κ2) is 25.4. The summed E-state index contributed by atoms with van der Waals surface area (Å²) in [7, 11) is 2.58. The number of nitrogens with zero attached hydrogens (tertiary/aromatic N) is 2. The van der Waals surface area contributed by atoms with E-state index in [9.17, 15) is 28.8 Å². The maximum atomic E-state index is 13.2. The van der Waals surface area contributed by atoms with Crippen molar-refractivity contribution in [1.29, 1.82) is 0 Å². The number of halogens is 4. The summed E-state index contributed by atoms with van der Waals surface area (Å²) in [4.78, 5) is 80.3. The fraction of sp³-hybridized carbons (Fsp3) is 0.344. The highest BCUT2D eigenvalue weighted by molar-refractivity contribution is 6.42. The maximum Gasteiger partial charge on any atom is 0.411 e. The van der Waals surface area contributed by atoms with Gasteiger partial charge in [-0.1, -0.05) is 94.9 Å². The highest BCUT2D eigenvalue weighted by atomic mass is 35.5. The molecular formula is C64H62Cl4N2O14. The number of Topliss-reactive ketones (excluding diaryl/α,β-unsaturated/α-hetero) is 2. The van der Waals surface area contributed by atoms with Crippen molar-refractivity contribution < 1.29 is 66.7 Å². The van der Waals surface area contributed by atoms with Crippen LogP contribution in [-0.4, -0.2) is 83.0 Å². The Kier molecular flexibility index (Phi) is 18.5. The fourth-order valence-electron chi connectivity index (χ4n) is 10.1. The number of rotatable bonds is 10. The first-order valence-corrected chi connectivity index (χ1v) is 28.5. The number of carbonyl (C=O) groups is 6. The van der Waals surface area contributed by atoms with Crippen molar-refractivity contribution in [2.45, 2.75) is 129 Å². The fourth-order valence-corrected chi connectivity index (χ4v) is 10.7. The maximum absolute atomic E-state index is 13.2. The Labute approximate surface area is 507 Å². The van der Waals surface area contributed by atoms with Crippen LogP contribution in [0.4, 0.5) is 9.59 Å². The van der Waals surface area contributed by atoms with Crippen LogP contribution in [0, 0.1) is 0 Å². The Hall–Kier alpha value is -7.50. The van der Waals surface area contributed by atoms with Crippen LogP contribution in [0.25, 0.3) is 0 Å². The number of benzene rings is 6. The Morgan fingerprint density at radius 1 is 0.488 bits per heavy atom. The van der Waals surface area contributed by atoms with Gasteiger partial charge >= 0.3 is 24.1 Å². The predicted molar refractivity (Wildman–Crippen MR) is 314 cm³/mol. The molecular weight excluding hydrogens is 1160 g/mol. The van der Waals surface area contributed by atoms with Crippen LogP contribution in [0.5, 0.6) is 23.0 Å². The van der Waals surface area contributed by atoms with Gasteiger partial charge in [0.1, 0.15) is 59.5 Å². The minimum absolute atomic E-state index is 0.0809. The number of methoxy groups -OCH3 is 2. The molecule has 6 aromatic carbocycles. The van der Waals surface area contributed by atoms with Gasteiger partial charge in [0.05, 0.1) is 47.4 Å². The number of hydrogen-bond acceptors (Lipinski definition) is 14. The first-order valence-electron chi connectivity index (χ1n) is 27.0. The number of hydrogen-bond donors (Lipinski definition) is 0. The molecule has 4 aliphatic rings. The number of fused-ring (bicyclic) bond motifs is 4. The predicted octanol–water partition coefficient (Wildman–Crippen LogP) is 13.3. The monoisotopic (exact) mass is 1220 g/mol. The summed E-state index contributed by atoms with van der Waals surface area (Å²) in [5.74, 6) is 1.18. The van der Waals surface area contributed by atoms with E-state index in [1.54, 1.807) is 114 Å². The topological polar surface area (TPSA) is 183 Å². The Morgan fingerprint density at radius 3 is 1.19 bits per heavy atom. The van der Waals surface area contributed by atoms with Gasteiger partial charge in [-0.2, -0.15) is 0 Å². The number of ketones is 2. The molecule has 0 radical (unpaired) electrons. The zero-order chi connectivity index (χ0) is 60.4. The minimum Gasteiger partial charge on any atom is -0.489 e. The third-order valence-corrected chi connectivity index (χ3v) is 15.7. The molecule has 0 spiro atoms. The summed E-state index contributed by atoms with van der Waals surface area (Å²) in [5.41, 5.74) is 6.55. The summed E-state index contributed by atoms with van der Waals surface area (Å²) < 4.78 is 45.2. The number of esters is 2. The van der Waals surface area contributed by atoms with Crippen molar-refractivity contribution in [2.24, 2.45) is 0 Å².